The lowest BCUT2D eigenvalue weighted by molar-refractivity contribution is -0.134. The number of esters is 1. The van der Waals surface area contributed by atoms with E-state index in [-0.39, 0.29) is 5.97 Å². The number of methoxy groups -OCH3 is 1. The highest BCUT2D eigenvalue weighted by atomic mass is 79.9. The van der Waals surface area contributed by atoms with E-state index in [0.29, 0.717) is 18.6 Å². The Kier molecular flexibility index (Phi) is 7.83. The van der Waals surface area contributed by atoms with Crippen LogP contribution in [-0.2, 0) is 20.9 Å². The van der Waals surface area contributed by atoms with E-state index in [1.807, 2.05) is 6.08 Å². The first kappa shape index (κ1) is 18.2. The highest BCUT2D eigenvalue weighted by Gasteiger charge is 2.25. The van der Waals surface area contributed by atoms with Crippen LogP contribution in [0.2, 0.25) is 0 Å². The lowest BCUT2D eigenvalue weighted by Gasteiger charge is -2.31. The number of hydrogen-bond donors (Lipinski definition) is 0. The van der Waals surface area contributed by atoms with Gasteiger partial charge in [-0.05, 0) is 49.3 Å². The number of carbonyl (C=O) groups excluding carboxylic acids is 1. The molecule has 1 aromatic rings. The summed E-state index contributed by atoms with van der Waals surface area (Å²) in [4.78, 5) is 11.1. The molecule has 0 aromatic heterocycles. The average Bonchev–Trinajstić information content (AvgIpc) is 2.59. The molecule has 0 N–H and O–H groups in total. The summed E-state index contributed by atoms with van der Waals surface area (Å²) in [5.41, 5.74) is 1.21. The van der Waals surface area contributed by atoms with Gasteiger partial charge >= 0.3 is 5.97 Å². The van der Waals surface area contributed by atoms with E-state index in [0.717, 1.165) is 23.7 Å². The molecule has 0 bridgehead atoms. The fourth-order valence-electron chi connectivity index (χ4n) is 3.07. The number of allylic oxidation sites excluding steroid dienone is 1. The number of halogens is 1. The predicted octanol–water partition coefficient (Wildman–Crippen LogP) is 5.03. The van der Waals surface area contributed by atoms with Crippen molar-refractivity contribution >= 4 is 21.9 Å². The zero-order chi connectivity index (χ0) is 16.5. The van der Waals surface area contributed by atoms with Gasteiger partial charge in [-0.2, -0.15) is 0 Å². The molecular formula is C19H25BrO3. The molecular weight excluding hydrogens is 356 g/mol. The Hall–Kier alpha value is -1.13. The number of benzene rings is 1. The maximum Gasteiger partial charge on any atom is 0.330 e. The minimum atomic E-state index is -0.281. The Morgan fingerprint density at radius 3 is 2.74 bits per heavy atom. The highest BCUT2D eigenvalue weighted by molar-refractivity contribution is 9.10. The molecule has 3 nitrogen and oxygen atoms in total. The lowest BCUT2D eigenvalue weighted by atomic mass is 9.83. The van der Waals surface area contributed by atoms with Gasteiger partial charge < -0.3 is 9.47 Å². The average molecular weight is 381 g/mol. The number of hydrogen-bond acceptors (Lipinski definition) is 3. The smallest absolute Gasteiger partial charge is 0.330 e. The summed E-state index contributed by atoms with van der Waals surface area (Å²) in [7, 11) is 1.40. The van der Waals surface area contributed by atoms with Gasteiger partial charge in [-0.15, -0.1) is 0 Å². The minimum Gasteiger partial charge on any atom is -0.466 e. The van der Waals surface area contributed by atoms with Crippen LogP contribution in [0.15, 0.2) is 40.9 Å². The molecule has 1 aliphatic rings. The van der Waals surface area contributed by atoms with Crippen LogP contribution < -0.4 is 0 Å². The summed E-state index contributed by atoms with van der Waals surface area (Å²) in [6, 6.07) is 8.30. The van der Waals surface area contributed by atoms with Crippen LogP contribution in [0.1, 0.15) is 44.1 Å². The van der Waals surface area contributed by atoms with Crippen LogP contribution >= 0.6 is 15.9 Å². The van der Waals surface area contributed by atoms with Gasteiger partial charge in [0, 0.05) is 10.5 Å². The van der Waals surface area contributed by atoms with E-state index in [1.165, 1.54) is 38.0 Å². The standard InChI is InChI=1S/C19H25BrO3/c1-22-19(21)9-5-3-7-16-6-2-4-8-18(16)23-14-15-10-12-17(20)13-11-15/h5,9-13,16,18H,2-4,6-8,14H2,1H3/t16-,18+/m1/s1. The monoisotopic (exact) mass is 380 g/mol. The summed E-state index contributed by atoms with van der Waals surface area (Å²) in [5, 5.41) is 0. The molecule has 1 aromatic carbocycles. The lowest BCUT2D eigenvalue weighted by Crippen LogP contribution is -2.27. The number of carbonyl (C=O) groups is 1. The molecule has 1 aliphatic carbocycles. The molecule has 1 fully saturated rings. The van der Waals surface area contributed by atoms with E-state index >= 15 is 0 Å². The first-order valence-corrected chi connectivity index (χ1v) is 9.09. The summed E-state index contributed by atoms with van der Waals surface area (Å²) in [6.07, 6.45) is 10.6. The molecule has 23 heavy (non-hydrogen) atoms. The van der Waals surface area contributed by atoms with Crippen LogP contribution in [0.3, 0.4) is 0 Å². The van der Waals surface area contributed by atoms with Crippen molar-refractivity contribution in [2.75, 3.05) is 7.11 Å². The second-order valence-electron chi connectivity index (χ2n) is 6.02. The normalized spacial score (nSPS) is 21.5. The molecule has 0 amide bonds. The maximum absolute atomic E-state index is 11.1. The third kappa shape index (κ3) is 6.48. The predicted molar refractivity (Wildman–Crippen MR) is 95.1 cm³/mol. The fraction of sp³-hybridized carbons (Fsp3) is 0.526. The molecule has 4 heteroatoms. The molecule has 0 spiro atoms. The summed E-state index contributed by atoms with van der Waals surface area (Å²) < 4.78 is 11.9. The van der Waals surface area contributed by atoms with Crippen molar-refractivity contribution in [3.8, 4) is 0 Å². The Morgan fingerprint density at radius 1 is 1.26 bits per heavy atom. The van der Waals surface area contributed by atoms with Gasteiger partial charge in [0.15, 0.2) is 0 Å². The van der Waals surface area contributed by atoms with E-state index in [2.05, 4.69) is 44.9 Å². The largest absolute Gasteiger partial charge is 0.466 e. The van der Waals surface area contributed by atoms with Crippen molar-refractivity contribution in [3.05, 3.63) is 46.5 Å². The van der Waals surface area contributed by atoms with Gasteiger partial charge in [-0.25, -0.2) is 4.79 Å². The molecule has 126 valence electrons. The van der Waals surface area contributed by atoms with E-state index < -0.39 is 0 Å². The Morgan fingerprint density at radius 2 is 2.00 bits per heavy atom. The van der Waals surface area contributed by atoms with E-state index in [4.69, 9.17) is 4.74 Å². The second kappa shape index (κ2) is 9.89. The summed E-state index contributed by atoms with van der Waals surface area (Å²) in [6.45, 7) is 0.673. The van der Waals surface area contributed by atoms with Gasteiger partial charge in [0.25, 0.3) is 0 Å². The van der Waals surface area contributed by atoms with Crippen molar-refractivity contribution in [3.63, 3.8) is 0 Å². The highest BCUT2D eigenvalue weighted by Crippen LogP contribution is 2.31. The third-order valence-electron chi connectivity index (χ3n) is 4.38. The maximum atomic E-state index is 11.1. The van der Waals surface area contributed by atoms with Gasteiger partial charge in [-0.3, -0.25) is 0 Å². The van der Waals surface area contributed by atoms with Crippen LogP contribution in [0.4, 0.5) is 0 Å². The molecule has 0 saturated heterocycles. The molecule has 0 aliphatic heterocycles. The zero-order valence-corrected chi connectivity index (χ0v) is 15.3. The number of rotatable bonds is 7. The van der Waals surface area contributed by atoms with Gasteiger partial charge in [0.2, 0.25) is 0 Å². The van der Waals surface area contributed by atoms with Gasteiger partial charge in [-0.1, -0.05) is 47.0 Å². The molecule has 2 rings (SSSR count). The molecule has 0 radical (unpaired) electrons. The molecule has 0 heterocycles. The SMILES string of the molecule is COC(=O)C=CCC[C@H]1CCCC[C@@H]1OCc1ccc(Br)cc1. The van der Waals surface area contributed by atoms with E-state index in [1.54, 1.807) is 0 Å². The third-order valence-corrected chi connectivity index (χ3v) is 4.90. The zero-order valence-electron chi connectivity index (χ0n) is 13.7. The Balaban J connectivity index is 1.79. The minimum absolute atomic E-state index is 0.281. The number of ether oxygens (including phenoxy) is 2. The van der Waals surface area contributed by atoms with Crippen LogP contribution in [-0.4, -0.2) is 19.2 Å². The Labute approximate surface area is 147 Å². The van der Waals surface area contributed by atoms with Crippen molar-refractivity contribution < 1.29 is 14.3 Å². The molecule has 1 saturated carbocycles. The first-order chi connectivity index (χ1) is 11.2. The summed E-state index contributed by atoms with van der Waals surface area (Å²) >= 11 is 3.45. The topological polar surface area (TPSA) is 35.5 Å². The quantitative estimate of drug-likeness (QED) is 0.491. The van der Waals surface area contributed by atoms with Crippen LogP contribution in [0.25, 0.3) is 0 Å². The van der Waals surface area contributed by atoms with Crippen molar-refractivity contribution in [2.45, 2.75) is 51.2 Å². The molecule has 0 unspecified atom stereocenters. The van der Waals surface area contributed by atoms with Crippen molar-refractivity contribution in [2.24, 2.45) is 5.92 Å². The van der Waals surface area contributed by atoms with Crippen molar-refractivity contribution in [1.29, 1.82) is 0 Å². The fourth-order valence-corrected chi connectivity index (χ4v) is 3.33. The van der Waals surface area contributed by atoms with Crippen LogP contribution in [0, 0.1) is 5.92 Å². The molecule has 2 atom stereocenters. The van der Waals surface area contributed by atoms with E-state index in [9.17, 15) is 4.79 Å². The first-order valence-electron chi connectivity index (χ1n) is 8.29. The van der Waals surface area contributed by atoms with Gasteiger partial charge in [0.05, 0.1) is 19.8 Å². The van der Waals surface area contributed by atoms with Crippen LogP contribution in [0.5, 0.6) is 0 Å². The van der Waals surface area contributed by atoms with Gasteiger partial charge in [0.1, 0.15) is 0 Å². The second-order valence-corrected chi connectivity index (χ2v) is 6.94. The summed E-state index contributed by atoms with van der Waals surface area (Å²) in [5.74, 6) is 0.304. The van der Waals surface area contributed by atoms with Crippen molar-refractivity contribution in [1.82, 2.24) is 0 Å². The Bertz CT molecular complexity index is 510.